The Hall–Kier alpha value is -3.50. The summed E-state index contributed by atoms with van der Waals surface area (Å²) in [6.07, 6.45) is 7.70. The second kappa shape index (κ2) is 8.25. The first-order valence-electron chi connectivity index (χ1n) is 9.50. The third kappa shape index (κ3) is 3.75. The normalized spacial score (nSPS) is 15.6. The maximum absolute atomic E-state index is 9.64. The van der Waals surface area contributed by atoms with Crippen molar-refractivity contribution in [1.82, 2.24) is 9.97 Å². The molecule has 146 valence electrons. The van der Waals surface area contributed by atoms with Gasteiger partial charge in [-0.2, -0.15) is 5.26 Å². The average Bonchev–Trinajstić information content (AvgIpc) is 3.19. The number of hydrogen-bond acceptors (Lipinski definition) is 6. The highest BCUT2D eigenvalue weighted by atomic mass is 16.5. The molecule has 0 bridgehead atoms. The van der Waals surface area contributed by atoms with Crippen molar-refractivity contribution in [2.45, 2.75) is 24.9 Å². The zero-order chi connectivity index (χ0) is 20.2. The third-order valence-electron chi connectivity index (χ3n) is 5.17. The Balaban J connectivity index is 1.69. The number of aromatic nitrogens is 2. The Morgan fingerprint density at radius 3 is 2.76 bits per heavy atom. The Morgan fingerprint density at radius 2 is 2.03 bits per heavy atom. The van der Waals surface area contributed by atoms with Crippen LogP contribution in [0.1, 0.15) is 29.9 Å². The van der Waals surface area contributed by atoms with Gasteiger partial charge in [-0.25, -0.2) is 4.98 Å². The van der Waals surface area contributed by atoms with E-state index >= 15 is 0 Å². The highest BCUT2D eigenvalue weighted by molar-refractivity contribution is 5.96. The first-order chi connectivity index (χ1) is 14.2. The monoisotopic (exact) mass is 387 g/mol. The molecular formula is C22H21N5O2. The van der Waals surface area contributed by atoms with Crippen LogP contribution in [0, 0.1) is 22.1 Å². The second-order valence-corrected chi connectivity index (χ2v) is 6.98. The molecule has 1 saturated heterocycles. The van der Waals surface area contributed by atoms with Gasteiger partial charge in [-0.1, -0.05) is 6.07 Å². The topological polar surface area (TPSA) is 119 Å². The molecule has 0 spiro atoms. The number of benzene rings is 1. The van der Waals surface area contributed by atoms with Crippen LogP contribution in [-0.4, -0.2) is 41.7 Å². The van der Waals surface area contributed by atoms with Crippen molar-refractivity contribution in [2.75, 3.05) is 13.2 Å². The molecule has 3 aromatic rings. The molecule has 0 aliphatic carbocycles. The van der Waals surface area contributed by atoms with Crippen molar-refractivity contribution in [2.24, 2.45) is 0 Å². The number of nitrogens with one attached hydrogen (secondary N) is 3. The summed E-state index contributed by atoms with van der Waals surface area (Å²) in [6.45, 7) is 1.36. The number of pyridine rings is 1. The molecule has 0 unspecified atom stereocenters. The van der Waals surface area contributed by atoms with E-state index in [4.69, 9.17) is 20.3 Å². The standard InChI is InChI=1S/C22H21N5O2/c23-9-15-7-14(1-2-21(15)29-18-3-5-28-6-4-18)20-13-27-22-19(20)8-16(12-26-22)17(10-24)11-25/h1-2,7-8,10-13,17-18,24-25H,3-6H2,(H,26,27). The minimum atomic E-state index is -0.403. The van der Waals surface area contributed by atoms with Gasteiger partial charge in [0, 0.05) is 48.6 Å². The first-order valence-corrected chi connectivity index (χ1v) is 9.50. The van der Waals surface area contributed by atoms with Crippen LogP contribution in [0.5, 0.6) is 5.75 Å². The summed E-state index contributed by atoms with van der Waals surface area (Å²) in [5.41, 5.74) is 3.79. The van der Waals surface area contributed by atoms with Gasteiger partial charge in [-0.05, 0) is 29.3 Å². The summed E-state index contributed by atoms with van der Waals surface area (Å²) in [7, 11) is 0. The van der Waals surface area contributed by atoms with E-state index in [0.717, 1.165) is 40.6 Å². The van der Waals surface area contributed by atoms with Crippen LogP contribution in [0.4, 0.5) is 0 Å². The maximum atomic E-state index is 9.64. The van der Waals surface area contributed by atoms with Crippen molar-refractivity contribution in [3.8, 4) is 22.9 Å². The lowest BCUT2D eigenvalue weighted by molar-refractivity contribution is 0.0254. The summed E-state index contributed by atoms with van der Waals surface area (Å²) >= 11 is 0. The van der Waals surface area contributed by atoms with Gasteiger partial charge in [-0.15, -0.1) is 0 Å². The number of ether oxygens (including phenoxy) is 2. The van der Waals surface area contributed by atoms with Crippen LogP contribution in [0.25, 0.3) is 22.2 Å². The quantitative estimate of drug-likeness (QED) is 0.553. The van der Waals surface area contributed by atoms with Crippen molar-refractivity contribution < 1.29 is 9.47 Å². The molecule has 2 aromatic heterocycles. The van der Waals surface area contributed by atoms with E-state index in [0.29, 0.717) is 24.5 Å². The van der Waals surface area contributed by atoms with E-state index < -0.39 is 5.92 Å². The highest BCUT2D eigenvalue weighted by Crippen LogP contribution is 2.33. The number of fused-ring (bicyclic) bond motifs is 1. The Labute approximate surface area is 168 Å². The molecule has 0 atom stereocenters. The Morgan fingerprint density at radius 1 is 1.24 bits per heavy atom. The van der Waals surface area contributed by atoms with Gasteiger partial charge in [0.2, 0.25) is 0 Å². The van der Waals surface area contributed by atoms with Crippen molar-refractivity contribution >= 4 is 23.5 Å². The van der Waals surface area contributed by atoms with Gasteiger partial charge in [0.1, 0.15) is 23.6 Å². The molecule has 7 heteroatoms. The molecular weight excluding hydrogens is 366 g/mol. The van der Waals surface area contributed by atoms with Gasteiger partial charge < -0.3 is 25.3 Å². The molecule has 3 heterocycles. The molecule has 7 nitrogen and oxygen atoms in total. The minimum absolute atomic E-state index is 0.0701. The molecule has 0 amide bonds. The number of rotatable bonds is 6. The molecule has 4 rings (SSSR count). The third-order valence-corrected chi connectivity index (χ3v) is 5.17. The smallest absolute Gasteiger partial charge is 0.137 e. The number of nitrogens with zero attached hydrogens (tertiary/aromatic N) is 2. The van der Waals surface area contributed by atoms with E-state index in [2.05, 4.69) is 16.0 Å². The van der Waals surface area contributed by atoms with E-state index in [1.807, 2.05) is 30.5 Å². The molecule has 1 fully saturated rings. The Kier molecular flexibility index (Phi) is 5.36. The molecule has 1 aliphatic heterocycles. The number of hydrogen-bond donors (Lipinski definition) is 3. The number of aromatic amines is 1. The van der Waals surface area contributed by atoms with Gasteiger partial charge in [0.15, 0.2) is 0 Å². The lowest BCUT2D eigenvalue weighted by atomic mass is 9.99. The fourth-order valence-corrected chi connectivity index (χ4v) is 3.54. The number of nitriles is 1. The van der Waals surface area contributed by atoms with E-state index in [1.54, 1.807) is 6.20 Å². The SMILES string of the molecule is N#Cc1cc(-c2c[nH]c3ncc(C(C=N)C=N)cc23)ccc1OC1CCOCC1. The van der Waals surface area contributed by atoms with Crippen molar-refractivity contribution in [1.29, 1.82) is 16.1 Å². The maximum Gasteiger partial charge on any atom is 0.137 e. The van der Waals surface area contributed by atoms with Crippen molar-refractivity contribution in [3.63, 3.8) is 0 Å². The van der Waals surface area contributed by atoms with Crippen LogP contribution in [-0.2, 0) is 4.74 Å². The summed E-state index contributed by atoms with van der Waals surface area (Å²) in [5, 5.41) is 25.5. The first kappa shape index (κ1) is 18.8. The summed E-state index contributed by atoms with van der Waals surface area (Å²) in [5.74, 6) is 0.189. The van der Waals surface area contributed by atoms with Gasteiger partial charge >= 0.3 is 0 Å². The van der Waals surface area contributed by atoms with E-state index in [-0.39, 0.29) is 6.10 Å². The fourth-order valence-electron chi connectivity index (χ4n) is 3.54. The molecule has 1 aliphatic rings. The summed E-state index contributed by atoms with van der Waals surface area (Å²) in [6, 6.07) is 9.79. The van der Waals surface area contributed by atoms with Crippen LogP contribution in [0.15, 0.2) is 36.7 Å². The highest BCUT2D eigenvalue weighted by Gasteiger charge is 2.18. The van der Waals surface area contributed by atoms with Crippen LogP contribution >= 0.6 is 0 Å². The summed E-state index contributed by atoms with van der Waals surface area (Å²) < 4.78 is 11.4. The van der Waals surface area contributed by atoms with Gasteiger partial charge in [0.25, 0.3) is 0 Å². The predicted molar refractivity (Wildman–Crippen MR) is 111 cm³/mol. The second-order valence-electron chi connectivity index (χ2n) is 6.98. The average molecular weight is 387 g/mol. The zero-order valence-corrected chi connectivity index (χ0v) is 15.8. The van der Waals surface area contributed by atoms with Crippen LogP contribution in [0.3, 0.4) is 0 Å². The number of H-pyrrole nitrogens is 1. The minimum Gasteiger partial charge on any atom is -0.489 e. The summed E-state index contributed by atoms with van der Waals surface area (Å²) in [4.78, 5) is 7.57. The van der Waals surface area contributed by atoms with Gasteiger partial charge in [0.05, 0.1) is 24.7 Å². The van der Waals surface area contributed by atoms with Gasteiger partial charge in [-0.3, -0.25) is 0 Å². The fraction of sp³-hybridized carbons (Fsp3) is 0.273. The molecule has 1 aromatic carbocycles. The predicted octanol–water partition coefficient (Wildman–Crippen LogP) is 4.04. The Bertz CT molecular complexity index is 1080. The molecule has 0 saturated carbocycles. The molecule has 29 heavy (non-hydrogen) atoms. The zero-order valence-electron chi connectivity index (χ0n) is 15.8. The lowest BCUT2D eigenvalue weighted by Crippen LogP contribution is -2.26. The molecule has 0 radical (unpaired) electrons. The molecule has 3 N–H and O–H groups in total. The lowest BCUT2D eigenvalue weighted by Gasteiger charge is -2.23. The van der Waals surface area contributed by atoms with E-state index in [1.165, 1.54) is 12.4 Å². The largest absolute Gasteiger partial charge is 0.489 e. The van der Waals surface area contributed by atoms with Crippen LogP contribution in [0.2, 0.25) is 0 Å². The van der Waals surface area contributed by atoms with E-state index in [9.17, 15) is 5.26 Å². The van der Waals surface area contributed by atoms with Crippen LogP contribution < -0.4 is 4.74 Å². The van der Waals surface area contributed by atoms with Crippen molar-refractivity contribution in [3.05, 3.63) is 47.8 Å².